The summed E-state index contributed by atoms with van der Waals surface area (Å²) in [6.07, 6.45) is 0.0379. The predicted octanol–water partition coefficient (Wildman–Crippen LogP) is -0.752. The van der Waals surface area contributed by atoms with Crippen LogP contribution in [-0.2, 0) is 14.8 Å². The summed E-state index contributed by atoms with van der Waals surface area (Å²) in [7, 11) is -3.46. The highest BCUT2D eigenvalue weighted by Crippen LogP contribution is 2.14. The van der Waals surface area contributed by atoms with Gasteiger partial charge in [0.05, 0.1) is 18.3 Å². The Morgan fingerprint density at radius 3 is 2.33 bits per heavy atom. The fraction of sp³-hybridized carbons (Fsp3) is 0.875. The molecule has 0 amide bonds. The van der Waals surface area contributed by atoms with Gasteiger partial charge in [0.1, 0.15) is 0 Å². The predicted molar refractivity (Wildman–Crippen MR) is 52.9 cm³/mol. The number of aliphatic hydroxyl groups is 1. The lowest BCUT2D eigenvalue weighted by Gasteiger charge is -2.28. The summed E-state index contributed by atoms with van der Waals surface area (Å²) in [6, 6.07) is 0. The number of carboxylic acid groups (broad SMARTS) is 1. The average molecular weight is 237 g/mol. The van der Waals surface area contributed by atoms with Crippen molar-refractivity contribution in [3.05, 3.63) is 0 Å². The van der Waals surface area contributed by atoms with Gasteiger partial charge in [-0.25, -0.2) is 12.7 Å². The molecule has 1 rings (SSSR count). The Morgan fingerprint density at radius 1 is 1.33 bits per heavy atom. The summed E-state index contributed by atoms with van der Waals surface area (Å²) in [5.74, 6) is -1.48. The zero-order valence-electron chi connectivity index (χ0n) is 8.29. The van der Waals surface area contributed by atoms with Crippen LogP contribution in [0, 0.1) is 0 Å². The van der Waals surface area contributed by atoms with Crippen LogP contribution in [0.4, 0.5) is 0 Å². The number of aliphatic carboxylic acids is 1. The third kappa shape index (κ3) is 3.77. The molecule has 0 aromatic heterocycles. The monoisotopic (exact) mass is 237 g/mol. The molecular weight excluding hydrogens is 222 g/mol. The van der Waals surface area contributed by atoms with Crippen LogP contribution in [0.2, 0.25) is 0 Å². The van der Waals surface area contributed by atoms with E-state index in [1.807, 2.05) is 0 Å². The van der Waals surface area contributed by atoms with Crippen LogP contribution in [0.3, 0.4) is 0 Å². The first-order chi connectivity index (χ1) is 6.92. The highest BCUT2D eigenvalue weighted by atomic mass is 32.2. The van der Waals surface area contributed by atoms with E-state index in [4.69, 9.17) is 5.11 Å². The van der Waals surface area contributed by atoms with E-state index >= 15 is 0 Å². The minimum absolute atomic E-state index is 0.281. The number of hydrogen-bond acceptors (Lipinski definition) is 4. The molecule has 1 heterocycles. The minimum atomic E-state index is -3.46. The van der Waals surface area contributed by atoms with Crippen LogP contribution in [-0.4, -0.2) is 53.9 Å². The Kier molecular flexibility index (Phi) is 4.06. The maximum atomic E-state index is 11.6. The summed E-state index contributed by atoms with van der Waals surface area (Å²) in [4.78, 5) is 10.3. The van der Waals surface area contributed by atoms with Crippen LogP contribution in [0.1, 0.15) is 19.3 Å². The van der Waals surface area contributed by atoms with E-state index in [0.717, 1.165) is 0 Å². The lowest BCUT2D eigenvalue weighted by molar-refractivity contribution is -0.136. The Balaban J connectivity index is 2.50. The molecule has 0 saturated carbocycles. The summed E-state index contributed by atoms with van der Waals surface area (Å²) in [5, 5.41) is 17.6. The van der Waals surface area contributed by atoms with E-state index in [9.17, 15) is 18.3 Å². The number of piperidine rings is 1. The Bertz CT molecular complexity index is 318. The quantitative estimate of drug-likeness (QED) is 0.670. The van der Waals surface area contributed by atoms with Gasteiger partial charge in [0.2, 0.25) is 10.0 Å². The van der Waals surface area contributed by atoms with Gasteiger partial charge < -0.3 is 10.2 Å². The Hall–Kier alpha value is -0.660. The smallest absolute Gasteiger partial charge is 0.304 e. The number of aliphatic hydroxyl groups excluding tert-OH is 1. The molecule has 1 aliphatic heterocycles. The van der Waals surface area contributed by atoms with Crippen LogP contribution >= 0.6 is 0 Å². The zero-order valence-corrected chi connectivity index (χ0v) is 9.11. The van der Waals surface area contributed by atoms with Crippen molar-refractivity contribution in [2.24, 2.45) is 0 Å². The van der Waals surface area contributed by atoms with Gasteiger partial charge in [-0.05, 0) is 12.8 Å². The van der Waals surface area contributed by atoms with Crippen molar-refractivity contribution >= 4 is 16.0 Å². The van der Waals surface area contributed by atoms with Gasteiger partial charge in [0.15, 0.2) is 0 Å². The van der Waals surface area contributed by atoms with E-state index < -0.39 is 22.1 Å². The summed E-state index contributed by atoms with van der Waals surface area (Å²) < 4.78 is 24.4. The minimum Gasteiger partial charge on any atom is -0.481 e. The SMILES string of the molecule is O=C(O)CCS(=O)(=O)N1CCC(O)CC1. The average Bonchev–Trinajstić information content (AvgIpc) is 2.16. The fourth-order valence-corrected chi connectivity index (χ4v) is 2.92. The molecule has 0 unspecified atom stereocenters. The van der Waals surface area contributed by atoms with E-state index in [2.05, 4.69) is 0 Å². The van der Waals surface area contributed by atoms with Gasteiger partial charge in [-0.3, -0.25) is 4.79 Å². The second kappa shape index (κ2) is 4.91. The third-order valence-electron chi connectivity index (χ3n) is 2.39. The molecule has 0 atom stereocenters. The maximum Gasteiger partial charge on any atom is 0.304 e. The molecule has 6 nitrogen and oxygen atoms in total. The van der Waals surface area contributed by atoms with Crippen LogP contribution in [0.25, 0.3) is 0 Å². The first-order valence-electron chi connectivity index (χ1n) is 4.79. The second-order valence-corrected chi connectivity index (χ2v) is 5.68. The highest BCUT2D eigenvalue weighted by molar-refractivity contribution is 7.89. The molecule has 1 aliphatic rings. The molecule has 0 radical (unpaired) electrons. The van der Waals surface area contributed by atoms with Gasteiger partial charge in [0.25, 0.3) is 0 Å². The van der Waals surface area contributed by atoms with Crippen molar-refractivity contribution in [2.75, 3.05) is 18.8 Å². The van der Waals surface area contributed by atoms with E-state index in [-0.39, 0.29) is 25.3 Å². The van der Waals surface area contributed by atoms with E-state index in [1.54, 1.807) is 0 Å². The topological polar surface area (TPSA) is 94.9 Å². The van der Waals surface area contributed by atoms with Gasteiger partial charge in [0, 0.05) is 13.1 Å². The van der Waals surface area contributed by atoms with Crippen LogP contribution < -0.4 is 0 Å². The van der Waals surface area contributed by atoms with Gasteiger partial charge in [-0.2, -0.15) is 0 Å². The fourth-order valence-electron chi connectivity index (χ4n) is 1.47. The molecule has 88 valence electrons. The summed E-state index contributed by atoms with van der Waals surface area (Å²) in [6.45, 7) is 0.562. The Labute approximate surface area is 88.6 Å². The molecule has 0 aromatic rings. The molecule has 1 saturated heterocycles. The summed E-state index contributed by atoms with van der Waals surface area (Å²) >= 11 is 0. The second-order valence-electron chi connectivity index (χ2n) is 3.59. The highest BCUT2D eigenvalue weighted by Gasteiger charge is 2.27. The number of sulfonamides is 1. The zero-order chi connectivity index (χ0) is 11.5. The van der Waals surface area contributed by atoms with Crippen molar-refractivity contribution in [3.8, 4) is 0 Å². The van der Waals surface area contributed by atoms with Crippen molar-refractivity contribution in [1.82, 2.24) is 4.31 Å². The molecule has 15 heavy (non-hydrogen) atoms. The molecule has 1 fully saturated rings. The van der Waals surface area contributed by atoms with E-state index in [1.165, 1.54) is 4.31 Å². The molecule has 2 N–H and O–H groups in total. The first kappa shape index (κ1) is 12.4. The summed E-state index contributed by atoms with van der Waals surface area (Å²) in [5.41, 5.74) is 0. The van der Waals surface area contributed by atoms with Crippen molar-refractivity contribution in [1.29, 1.82) is 0 Å². The van der Waals surface area contributed by atoms with Gasteiger partial charge >= 0.3 is 5.97 Å². The molecule has 0 spiro atoms. The number of hydrogen-bond donors (Lipinski definition) is 2. The van der Waals surface area contributed by atoms with Crippen molar-refractivity contribution < 1.29 is 23.4 Å². The first-order valence-corrected chi connectivity index (χ1v) is 6.40. The van der Waals surface area contributed by atoms with Gasteiger partial charge in [-0.15, -0.1) is 0 Å². The number of nitrogens with zero attached hydrogens (tertiary/aromatic N) is 1. The molecular formula is C8H15NO5S. The third-order valence-corrected chi connectivity index (χ3v) is 4.26. The normalized spacial score (nSPS) is 20.3. The van der Waals surface area contributed by atoms with Crippen molar-refractivity contribution in [2.45, 2.75) is 25.4 Å². The van der Waals surface area contributed by atoms with Crippen LogP contribution in [0.15, 0.2) is 0 Å². The van der Waals surface area contributed by atoms with Crippen LogP contribution in [0.5, 0.6) is 0 Å². The maximum absolute atomic E-state index is 11.6. The Morgan fingerprint density at radius 2 is 1.87 bits per heavy atom. The van der Waals surface area contributed by atoms with Gasteiger partial charge in [-0.1, -0.05) is 0 Å². The largest absolute Gasteiger partial charge is 0.481 e. The molecule has 7 heteroatoms. The number of rotatable bonds is 4. The molecule has 0 aromatic carbocycles. The molecule has 0 aliphatic carbocycles. The molecule has 0 bridgehead atoms. The van der Waals surface area contributed by atoms with E-state index in [0.29, 0.717) is 12.8 Å². The lowest BCUT2D eigenvalue weighted by atomic mass is 10.1. The number of carboxylic acids is 1. The standard InChI is InChI=1S/C8H15NO5S/c10-7-1-4-9(5-2-7)15(13,14)6-3-8(11)12/h7,10H,1-6H2,(H,11,12). The lowest BCUT2D eigenvalue weighted by Crippen LogP contribution is -2.41. The van der Waals surface area contributed by atoms with Crippen molar-refractivity contribution in [3.63, 3.8) is 0 Å². The number of carbonyl (C=O) groups is 1.